The van der Waals surface area contributed by atoms with E-state index in [1.54, 1.807) is 0 Å². The van der Waals surface area contributed by atoms with Gasteiger partial charge in [0.25, 0.3) is 72.5 Å². The number of amides is 4. The maximum absolute atomic E-state index is 13.5. The van der Waals surface area contributed by atoms with E-state index in [9.17, 15) is 92.2 Å². The molecule has 10 N–H and O–H groups in total. The number of nitrogens with one attached hydrogen (secondary N) is 4. The van der Waals surface area contributed by atoms with Crippen LogP contribution in [0, 0.1) is 0 Å². The van der Waals surface area contributed by atoms with Crippen LogP contribution in [-0.4, -0.2) is 95.7 Å². The first-order chi connectivity index (χ1) is 30.2. The predicted octanol–water partition coefficient (Wildman–Crippen LogP) is 3.62. The predicted molar refractivity (Wildman–Crippen MR) is 228 cm³/mol. The van der Waals surface area contributed by atoms with Gasteiger partial charge < -0.3 is 21.3 Å². The van der Waals surface area contributed by atoms with Crippen molar-refractivity contribution in [2.45, 2.75) is 29.4 Å². The summed E-state index contributed by atoms with van der Waals surface area (Å²) in [6.45, 7) is 0. The van der Waals surface area contributed by atoms with Crippen LogP contribution >= 0.6 is 0 Å². The minimum atomic E-state index is -5.37. The first kappa shape index (κ1) is 49.0. The molecule has 0 saturated heterocycles. The Kier molecular flexibility index (Phi) is 12.7. The molecule has 66 heavy (non-hydrogen) atoms. The number of hydrogen-bond acceptors (Lipinski definition) is 15. The van der Waals surface area contributed by atoms with Crippen LogP contribution in [-0.2, 0) is 60.7 Å². The Bertz CT molecular complexity index is 3570. The topological polar surface area (TPSA) is 426 Å². The molecule has 25 nitrogen and oxygen atoms in total. The van der Waals surface area contributed by atoms with Gasteiger partial charge in [0.2, 0.25) is 0 Å². The van der Waals surface area contributed by atoms with Crippen LogP contribution in [0.2, 0.25) is 0 Å². The van der Waals surface area contributed by atoms with Gasteiger partial charge in [-0.05, 0) is 95.7 Å². The second-order valence-electron chi connectivity index (χ2n) is 13.5. The van der Waals surface area contributed by atoms with Gasteiger partial charge in [-0.15, -0.1) is 0 Å². The Labute approximate surface area is 372 Å². The number of rotatable bonds is 12. The molecule has 0 unspecified atom stereocenters. The maximum atomic E-state index is 13.5. The van der Waals surface area contributed by atoms with Crippen molar-refractivity contribution >= 4 is 123 Å². The van der Waals surface area contributed by atoms with Crippen LogP contribution in [0.3, 0.4) is 0 Å². The fourth-order valence-electron chi connectivity index (χ4n) is 6.20. The molecule has 0 aliphatic heterocycles. The lowest BCUT2D eigenvalue weighted by molar-refractivity contribution is 0.101. The monoisotopic (exact) mass is 1030 g/mol. The van der Waals surface area contributed by atoms with Crippen LogP contribution in [0.4, 0.5) is 27.5 Å². The summed E-state index contributed by atoms with van der Waals surface area (Å²) < 4.78 is 203. The quantitative estimate of drug-likeness (QED) is 0.0782. The van der Waals surface area contributed by atoms with E-state index in [0.717, 1.165) is 24.3 Å². The summed E-state index contributed by atoms with van der Waals surface area (Å²) in [6, 6.07) is 12.6. The molecule has 0 atom stereocenters. The summed E-state index contributed by atoms with van der Waals surface area (Å²) in [5, 5.41) is 6.57. The van der Waals surface area contributed by atoms with Gasteiger partial charge in [0.15, 0.2) is 0 Å². The molecule has 348 valence electrons. The van der Waals surface area contributed by atoms with Gasteiger partial charge in [-0.25, -0.2) is 4.79 Å². The zero-order valence-electron chi connectivity index (χ0n) is 32.0. The average Bonchev–Trinajstić information content (AvgIpc) is 3.17. The number of anilines is 4. The second-order valence-corrected chi connectivity index (χ2v) is 21.9. The number of carbonyl (C=O) groups is 3. The van der Waals surface area contributed by atoms with E-state index in [0.29, 0.717) is 48.5 Å². The van der Waals surface area contributed by atoms with Crippen molar-refractivity contribution < 1.29 is 92.2 Å². The average molecular weight is 1030 g/mol. The van der Waals surface area contributed by atoms with Crippen LogP contribution in [0.1, 0.15) is 20.7 Å². The molecule has 0 aromatic heterocycles. The van der Waals surface area contributed by atoms with Crippen LogP contribution < -0.4 is 21.3 Å². The van der Waals surface area contributed by atoms with Crippen molar-refractivity contribution in [3.05, 3.63) is 108 Å². The molecular weight excluding hydrogens is 1000 g/mol. The molecule has 0 heterocycles. The molecule has 0 bridgehead atoms. The number of hydrogen-bond donors (Lipinski definition) is 10. The highest BCUT2D eigenvalue weighted by atomic mass is 32.2. The van der Waals surface area contributed by atoms with Crippen molar-refractivity contribution in [1.29, 1.82) is 0 Å². The SMILES string of the molecule is O=C(Nc1cccc(C(=O)Nc2cc(S(=O)(=O)O)cc3cc(S(=O)(=O)O)cc(S(=O)(=O)O)c23)c1)Nc1cccc(C(=O)Nc2cc(S(=O)(=O)O)cc3cc(S(=O)(=O)O)cc(S(=O)(=O)O)c23)c1. The molecule has 31 heteroatoms. The molecule has 6 rings (SSSR count). The summed E-state index contributed by atoms with van der Waals surface area (Å²) >= 11 is 0. The Morgan fingerprint density at radius 1 is 0.364 bits per heavy atom. The third kappa shape index (κ3) is 10.9. The number of urea groups is 1. The lowest BCUT2D eigenvalue weighted by atomic mass is 10.1. The third-order valence-electron chi connectivity index (χ3n) is 8.93. The van der Waals surface area contributed by atoms with Gasteiger partial charge in [0, 0.05) is 33.3 Å². The van der Waals surface area contributed by atoms with E-state index in [1.807, 2.05) is 0 Å². The van der Waals surface area contributed by atoms with Crippen molar-refractivity contribution in [2.75, 3.05) is 21.3 Å². The zero-order valence-corrected chi connectivity index (χ0v) is 36.9. The van der Waals surface area contributed by atoms with Crippen LogP contribution in [0.25, 0.3) is 21.5 Å². The Morgan fingerprint density at radius 3 is 0.955 bits per heavy atom. The number of fused-ring (bicyclic) bond motifs is 2. The van der Waals surface area contributed by atoms with Gasteiger partial charge in [-0.1, -0.05) is 12.1 Å². The zero-order chi connectivity index (χ0) is 49.1. The Morgan fingerprint density at radius 2 is 0.667 bits per heavy atom. The van der Waals surface area contributed by atoms with E-state index >= 15 is 0 Å². The Balaban J connectivity index is 1.27. The minimum absolute atomic E-state index is 0.112. The first-order valence-electron chi connectivity index (χ1n) is 17.2. The van der Waals surface area contributed by atoms with Crippen LogP contribution in [0.5, 0.6) is 0 Å². The first-order valence-corrected chi connectivity index (χ1v) is 25.8. The Hall–Kier alpha value is -6.49. The highest BCUT2D eigenvalue weighted by Gasteiger charge is 2.28. The second kappa shape index (κ2) is 17.1. The van der Waals surface area contributed by atoms with Crippen molar-refractivity contribution in [2.24, 2.45) is 0 Å². The third-order valence-corrected chi connectivity index (χ3v) is 14.0. The summed E-state index contributed by atoms with van der Waals surface area (Å²) in [4.78, 5) is 33.4. The smallest absolute Gasteiger partial charge is 0.321 e. The van der Waals surface area contributed by atoms with E-state index < -0.39 is 141 Å². The molecular formula is C35H26N4O21S6. The molecule has 0 aliphatic rings. The number of benzene rings is 6. The van der Waals surface area contributed by atoms with E-state index in [1.165, 1.54) is 24.3 Å². The van der Waals surface area contributed by atoms with E-state index in [4.69, 9.17) is 0 Å². The summed E-state index contributed by atoms with van der Waals surface area (Å²) in [7, 11) is -31.4. The fourth-order valence-corrected chi connectivity index (χ4v) is 10.0. The molecule has 4 amide bonds. The molecule has 0 aliphatic carbocycles. The molecule has 0 fully saturated rings. The maximum Gasteiger partial charge on any atom is 0.323 e. The lowest BCUT2D eigenvalue weighted by Gasteiger charge is -2.15. The van der Waals surface area contributed by atoms with Gasteiger partial charge in [0.05, 0.1) is 31.0 Å². The van der Waals surface area contributed by atoms with Crippen molar-refractivity contribution in [1.82, 2.24) is 0 Å². The molecule has 6 aromatic carbocycles. The largest absolute Gasteiger partial charge is 0.323 e. The fraction of sp³-hybridized carbons (Fsp3) is 0. The molecule has 0 saturated carbocycles. The molecule has 6 aromatic rings. The minimum Gasteiger partial charge on any atom is -0.321 e. The van der Waals surface area contributed by atoms with E-state index in [-0.39, 0.29) is 22.5 Å². The van der Waals surface area contributed by atoms with Crippen molar-refractivity contribution in [3.63, 3.8) is 0 Å². The van der Waals surface area contributed by atoms with Gasteiger partial charge in [0.1, 0.15) is 9.79 Å². The summed E-state index contributed by atoms with van der Waals surface area (Å²) in [5.41, 5.74) is -2.25. The lowest BCUT2D eigenvalue weighted by Crippen LogP contribution is -2.20. The standard InChI is InChI=1S/C35H26N4O21S6/c40-33(38-27-13-23(61(43,44)45)9-19-11-25(63(49,50)51)15-29(31(19)27)65(55,56)57)17-3-1-5-21(7-17)36-35(42)37-22-6-2-4-18(8-22)34(41)39-28-14-24(62(46,47)48)10-20-12-26(64(52,53)54)16-30(32(20)28)66(58,59)60/h1-16H,(H,38,40)(H,39,41)(H2,36,37,42)(H,43,44,45)(H,46,47,48)(H,49,50,51)(H,52,53,54)(H,55,56,57)(H,58,59,60). The van der Waals surface area contributed by atoms with Crippen molar-refractivity contribution in [3.8, 4) is 0 Å². The highest BCUT2D eigenvalue weighted by molar-refractivity contribution is 7.87. The van der Waals surface area contributed by atoms with Gasteiger partial charge in [-0.2, -0.15) is 50.5 Å². The van der Waals surface area contributed by atoms with E-state index in [2.05, 4.69) is 21.3 Å². The molecule has 0 spiro atoms. The summed E-state index contributed by atoms with van der Waals surface area (Å²) in [6.07, 6.45) is 0. The van der Waals surface area contributed by atoms with Crippen LogP contribution in [0.15, 0.2) is 126 Å². The summed E-state index contributed by atoms with van der Waals surface area (Å²) in [5.74, 6) is -2.27. The molecule has 0 radical (unpaired) electrons. The highest BCUT2D eigenvalue weighted by Crippen LogP contribution is 2.37. The number of carbonyl (C=O) groups excluding carboxylic acids is 3. The van der Waals surface area contributed by atoms with Gasteiger partial charge in [-0.3, -0.25) is 36.9 Å². The normalized spacial score (nSPS) is 12.7. The van der Waals surface area contributed by atoms with Gasteiger partial charge >= 0.3 is 6.03 Å².